The molecule has 1 unspecified atom stereocenters. The van der Waals surface area contributed by atoms with Crippen LogP contribution in [0.25, 0.3) is 0 Å². The van der Waals surface area contributed by atoms with Crippen molar-refractivity contribution in [2.24, 2.45) is 5.41 Å². The van der Waals surface area contributed by atoms with Crippen molar-refractivity contribution >= 4 is 12.6 Å². The van der Waals surface area contributed by atoms with Gasteiger partial charge in [0.1, 0.15) is 0 Å². The molecule has 0 amide bonds. The number of hydrogen-bond acceptors (Lipinski definition) is 3. The molecular formula is C9H14BNO2. The van der Waals surface area contributed by atoms with Gasteiger partial charge in [-0.25, -0.2) is 0 Å². The Labute approximate surface area is 79.6 Å². The van der Waals surface area contributed by atoms with Crippen LogP contribution in [-0.2, 0) is 9.39 Å². The molecule has 4 heteroatoms. The molecule has 0 aromatic carbocycles. The first-order valence-corrected chi connectivity index (χ1v) is 4.48. The molecule has 0 bridgehead atoms. The Morgan fingerprint density at radius 1 is 1.77 bits per heavy atom. The van der Waals surface area contributed by atoms with Crippen molar-refractivity contribution in [2.75, 3.05) is 6.61 Å². The van der Waals surface area contributed by atoms with Crippen LogP contribution in [0.15, 0.2) is 0 Å². The fourth-order valence-electron chi connectivity index (χ4n) is 1.46. The molecule has 0 aromatic heterocycles. The summed E-state index contributed by atoms with van der Waals surface area (Å²) in [7, 11) is 1.54. The quantitative estimate of drug-likeness (QED) is 0.369. The van der Waals surface area contributed by atoms with Gasteiger partial charge in [0.2, 0.25) is 0 Å². The van der Waals surface area contributed by atoms with Gasteiger partial charge in [-0.2, -0.15) is 0 Å². The average molecular weight is 179 g/mol. The van der Waals surface area contributed by atoms with Gasteiger partial charge in [-0.3, -0.25) is 0 Å². The van der Waals surface area contributed by atoms with Crippen LogP contribution < -0.4 is 0 Å². The molecule has 1 saturated heterocycles. The number of ether oxygens (including phenoxy) is 1. The first-order valence-electron chi connectivity index (χ1n) is 4.48. The van der Waals surface area contributed by atoms with E-state index < -0.39 is 0 Å². The summed E-state index contributed by atoms with van der Waals surface area (Å²) in [5, 5.41) is 8.28. The van der Waals surface area contributed by atoms with Crippen LogP contribution in [0.2, 0.25) is 0 Å². The number of epoxide rings is 1. The zero-order valence-electron chi connectivity index (χ0n) is 8.33. The molecule has 0 saturated carbocycles. The first-order chi connectivity index (χ1) is 6.12. The van der Waals surface area contributed by atoms with Crippen molar-refractivity contribution in [2.45, 2.75) is 33.3 Å². The predicted molar refractivity (Wildman–Crippen MR) is 51.3 cm³/mol. The summed E-state index contributed by atoms with van der Waals surface area (Å²) in [5.41, 5.74) is 1.11. The van der Waals surface area contributed by atoms with Crippen LogP contribution in [0, 0.1) is 16.9 Å². The van der Waals surface area contributed by atoms with Gasteiger partial charge in [-0.1, -0.05) is 0 Å². The van der Waals surface area contributed by atoms with Gasteiger partial charge in [0.25, 0.3) is 0 Å². The van der Waals surface area contributed by atoms with E-state index in [1.54, 1.807) is 13.4 Å². The molecule has 0 radical (unpaired) electrons. The third kappa shape index (κ3) is 2.32. The van der Waals surface area contributed by atoms with Gasteiger partial charge < -0.3 is 0 Å². The van der Waals surface area contributed by atoms with Crippen LogP contribution in [0.4, 0.5) is 0 Å². The molecule has 1 rings (SSSR count). The molecule has 3 nitrogen and oxygen atoms in total. The van der Waals surface area contributed by atoms with Gasteiger partial charge >= 0.3 is 78.8 Å². The Bertz CT molecular complexity index is 251. The third-order valence-corrected chi connectivity index (χ3v) is 2.60. The molecule has 1 aliphatic rings. The fraction of sp³-hybridized carbons (Fsp3) is 0.778. The molecule has 0 spiro atoms. The van der Waals surface area contributed by atoms with E-state index in [4.69, 9.17) is 10.00 Å². The second-order valence-electron chi connectivity index (χ2n) is 3.75. The minimum atomic E-state index is -0.00833. The number of nitriles is 1. The fourth-order valence-corrected chi connectivity index (χ4v) is 1.46. The second kappa shape index (κ2) is 3.93. The van der Waals surface area contributed by atoms with Gasteiger partial charge in [0.05, 0.1) is 0 Å². The molecule has 0 aliphatic carbocycles. The summed E-state index contributed by atoms with van der Waals surface area (Å²) in [6, 6.07) is 0. The molecule has 1 aliphatic heterocycles. The summed E-state index contributed by atoms with van der Waals surface area (Å²) in [4.78, 5) is 0. The number of hydrogen-bond donors (Lipinski definition) is 0. The Hall–Kier alpha value is -0.815. The van der Waals surface area contributed by atoms with Crippen molar-refractivity contribution in [3.63, 3.8) is 0 Å². The zero-order valence-corrected chi connectivity index (χ0v) is 8.33. The molecule has 70 valence electrons. The minimum absolute atomic E-state index is 0.00833. The van der Waals surface area contributed by atoms with Gasteiger partial charge in [0.15, 0.2) is 0 Å². The van der Waals surface area contributed by atoms with Crippen LogP contribution in [-0.4, -0.2) is 25.3 Å². The van der Waals surface area contributed by atoms with Gasteiger partial charge in [-0.15, -0.1) is 0 Å². The normalized spacial score (nSPS) is 21.7. The maximum absolute atomic E-state index is 8.28. The summed E-state index contributed by atoms with van der Waals surface area (Å²) in [5.74, 6) is 0. The van der Waals surface area contributed by atoms with Gasteiger partial charge in [-0.05, 0) is 0 Å². The summed E-state index contributed by atoms with van der Waals surface area (Å²) >= 11 is 0. The predicted octanol–water partition coefficient (Wildman–Crippen LogP) is 1.11. The van der Waals surface area contributed by atoms with Gasteiger partial charge in [0, 0.05) is 0 Å². The van der Waals surface area contributed by atoms with E-state index in [0.717, 1.165) is 18.5 Å². The van der Waals surface area contributed by atoms with Crippen LogP contribution in [0.5, 0.6) is 0 Å². The van der Waals surface area contributed by atoms with Crippen LogP contribution >= 0.6 is 0 Å². The molecule has 1 heterocycles. The van der Waals surface area contributed by atoms with E-state index >= 15 is 0 Å². The molecular weight excluding hydrogens is 165 g/mol. The van der Waals surface area contributed by atoms with Crippen LogP contribution in [0.3, 0.4) is 0 Å². The molecule has 13 heavy (non-hydrogen) atoms. The van der Waals surface area contributed by atoms with E-state index in [0.29, 0.717) is 6.10 Å². The molecule has 0 N–H and O–H groups in total. The van der Waals surface area contributed by atoms with Crippen LogP contribution in [0.1, 0.15) is 27.2 Å². The zero-order chi connectivity index (χ0) is 9.90. The van der Waals surface area contributed by atoms with E-state index in [-0.39, 0.29) is 5.41 Å². The number of rotatable bonds is 4. The van der Waals surface area contributed by atoms with E-state index in [1.807, 2.05) is 0 Å². The first kappa shape index (κ1) is 10.3. The Morgan fingerprint density at radius 2 is 2.38 bits per heavy atom. The average Bonchev–Trinajstić information content (AvgIpc) is 2.87. The SMILES string of the molecule is CCC(=BOC#N)C(C)(C)C1CO1. The Morgan fingerprint density at radius 3 is 2.77 bits per heavy atom. The molecule has 1 atom stereocenters. The Balaban J connectivity index is 2.69. The van der Waals surface area contributed by atoms with Crippen molar-refractivity contribution in [3.05, 3.63) is 0 Å². The van der Waals surface area contributed by atoms with E-state index in [1.165, 1.54) is 0 Å². The van der Waals surface area contributed by atoms with Crippen molar-refractivity contribution in [1.29, 1.82) is 5.26 Å². The Kier molecular flexibility index (Phi) is 3.10. The van der Waals surface area contributed by atoms with Crippen molar-refractivity contribution < 1.29 is 9.39 Å². The molecule has 1 fully saturated rings. The topological polar surface area (TPSA) is 45.5 Å². The number of nitrogens with zero attached hydrogens (tertiary/aromatic N) is 1. The maximum atomic E-state index is 8.28. The summed E-state index contributed by atoms with van der Waals surface area (Å²) in [6.45, 7) is 7.09. The third-order valence-electron chi connectivity index (χ3n) is 2.60. The monoisotopic (exact) mass is 179 g/mol. The van der Waals surface area contributed by atoms with E-state index in [2.05, 4.69) is 25.4 Å². The van der Waals surface area contributed by atoms with E-state index in [9.17, 15) is 0 Å². The van der Waals surface area contributed by atoms with Crippen molar-refractivity contribution in [1.82, 2.24) is 0 Å². The summed E-state index contributed by atoms with van der Waals surface area (Å²) < 4.78 is 9.90. The molecule has 0 aromatic rings. The second-order valence-corrected chi connectivity index (χ2v) is 3.75. The van der Waals surface area contributed by atoms with Crippen molar-refractivity contribution in [3.8, 4) is 6.26 Å². The standard InChI is InChI=1S/C9H14BNO2/c1-4-7(10-13-6-11)9(2,3)8-5-12-8/h8H,4-5H2,1-3H3. The summed E-state index contributed by atoms with van der Waals surface area (Å²) in [6.07, 6.45) is 2.82.